The van der Waals surface area contributed by atoms with Crippen LogP contribution in [0.5, 0.6) is 0 Å². The highest BCUT2D eigenvalue weighted by atomic mass is 16.5. The van der Waals surface area contributed by atoms with E-state index in [9.17, 15) is 0 Å². The SMILES string of the molecule is N#CNC1CCN(c2ncnc3[nH]cc(C4CCOCC4)c23)CC1. The van der Waals surface area contributed by atoms with Gasteiger partial charge in [0.05, 0.1) is 5.39 Å². The van der Waals surface area contributed by atoms with Gasteiger partial charge in [-0.3, -0.25) is 0 Å². The van der Waals surface area contributed by atoms with Gasteiger partial charge in [-0.2, -0.15) is 5.26 Å². The normalized spacial score (nSPS) is 20.2. The van der Waals surface area contributed by atoms with Crippen molar-refractivity contribution in [1.82, 2.24) is 20.3 Å². The molecule has 0 spiro atoms. The van der Waals surface area contributed by atoms with E-state index in [1.807, 2.05) is 0 Å². The van der Waals surface area contributed by atoms with Crippen molar-refractivity contribution in [2.75, 3.05) is 31.2 Å². The van der Waals surface area contributed by atoms with Gasteiger partial charge in [-0.1, -0.05) is 0 Å². The molecule has 0 aromatic carbocycles. The van der Waals surface area contributed by atoms with Gasteiger partial charge < -0.3 is 19.9 Å². The van der Waals surface area contributed by atoms with Crippen LogP contribution >= 0.6 is 0 Å². The van der Waals surface area contributed by atoms with Gasteiger partial charge in [0.2, 0.25) is 0 Å². The molecule has 0 bridgehead atoms. The molecule has 2 saturated heterocycles. The predicted molar refractivity (Wildman–Crippen MR) is 90.7 cm³/mol. The standard InChI is InChI=1S/C17H22N6O/c18-10-20-13-1-5-23(6-2-13)17-15-14(12-3-7-24-8-4-12)9-19-16(15)21-11-22-17/h9,11-13,20H,1-8H2,(H,19,21,22). The van der Waals surface area contributed by atoms with Crippen molar-refractivity contribution in [3.63, 3.8) is 0 Å². The largest absolute Gasteiger partial charge is 0.381 e. The summed E-state index contributed by atoms with van der Waals surface area (Å²) in [6, 6.07) is 0.282. The molecule has 2 aromatic heterocycles. The lowest BCUT2D eigenvalue weighted by molar-refractivity contribution is 0.0856. The van der Waals surface area contributed by atoms with Gasteiger partial charge in [-0.25, -0.2) is 9.97 Å². The molecule has 0 amide bonds. The Labute approximate surface area is 141 Å². The van der Waals surface area contributed by atoms with Gasteiger partial charge in [-0.15, -0.1) is 0 Å². The molecule has 7 nitrogen and oxygen atoms in total. The molecule has 7 heteroatoms. The summed E-state index contributed by atoms with van der Waals surface area (Å²) >= 11 is 0. The van der Waals surface area contributed by atoms with Crippen molar-refractivity contribution in [2.45, 2.75) is 37.6 Å². The first-order chi connectivity index (χ1) is 11.9. The fourth-order valence-electron chi connectivity index (χ4n) is 3.87. The smallest absolute Gasteiger partial charge is 0.176 e. The number of H-pyrrole nitrogens is 1. The van der Waals surface area contributed by atoms with Gasteiger partial charge in [0.1, 0.15) is 17.8 Å². The number of fused-ring (bicyclic) bond motifs is 1. The topological polar surface area (TPSA) is 89.9 Å². The van der Waals surface area contributed by atoms with E-state index in [1.165, 1.54) is 5.56 Å². The lowest BCUT2D eigenvalue weighted by Crippen LogP contribution is -2.41. The quantitative estimate of drug-likeness (QED) is 0.661. The minimum atomic E-state index is 0.282. The van der Waals surface area contributed by atoms with E-state index in [0.29, 0.717) is 5.92 Å². The molecule has 24 heavy (non-hydrogen) atoms. The number of anilines is 1. The van der Waals surface area contributed by atoms with Gasteiger partial charge in [0.25, 0.3) is 0 Å². The number of piperidine rings is 1. The Morgan fingerprint density at radius 1 is 1.21 bits per heavy atom. The molecule has 0 radical (unpaired) electrons. The first-order valence-corrected chi connectivity index (χ1v) is 8.66. The maximum atomic E-state index is 8.79. The number of aromatic amines is 1. The molecule has 4 rings (SSSR count). The van der Waals surface area contributed by atoms with Gasteiger partial charge in [-0.05, 0) is 37.2 Å². The second kappa shape index (κ2) is 6.65. The Hall–Kier alpha value is -2.33. The summed E-state index contributed by atoms with van der Waals surface area (Å²) < 4.78 is 5.51. The number of nitrogens with zero attached hydrogens (tertiary/aromatic N) is 4. The predicted octanol–water partition coefficient (Wildman–Crippen LogP) is 1.89. The van der Waals surface area contributed by atoms with Crippen LogP contribution in [0.25, 0.3) is 11.0 Å². The first kappa shape index (κ1) is 15.2. The van der Waals surface area contributed by atoms with Crippen LogP contribution in [0.2, 0.25) is 0 Å². The van der Waals surface area contributed by atoms with Crippen molar-refractivity contribution >= 4 is 16.9 Å². The highest BCUT2D eigenvalue weighted by molar-refractivity contribution is 5.91. The van der Waals surface area contributed by atoms with Crippen LogP contribution in [-0.4, -0.2) is 47.3 Å². The molecule has 0 saturated carbocycles. The minimum absolute atomic E-state index is 0.282. The van der Waals surface area contributed by atoms with Crippen molar-refractivity contribution < 1.29 is 4.74 Å². The second-order valence-corrected chi connectivity index (χ2v) is 6.57. The van der Waals surface area contributed by atoms with Crippen LogP contribution < -0.4 is 10.2 Å². The Morgan fingerprint density at radius 2 is 2.00 bits per heavy atom. The van der Waals surface area contributed by atoms with Crippen LogP contribution in [0, 0.1) is 11.5 Å². The van der Waals surface area contributed by atoms with Crippen LogP contribution in [0.4, 0.5) is 5.82 Å². The first-order valence-electron chi connectivity index (χ1n) is 8.66. The minimum Gasteiger partial charge on any atom is -0.381 e. The van der Waals surface area contributed by atoms with Crippen molar-refractivity contribution in [3.05, 3.63) is 18.1 Å². The van der Waals surface area contributed by atoms with Crippen molar-refractivity contribution in [2.24, 2.45) is 0 Å². The van der Waals surface area contributed by atoms with Gasteiger partial charge in [0.15, 0.2) is 6.19 Å². The number of hydrogen-bond acceptors (Lipinski definition) is 6. The van der Waals surface area contributed by atoms with E-state index in [1.54, 1.807) is 6.33 Å². The highest BCUT2D eigenvalue weighted by Crippen LogP contribution is 2.36. The number of aromatic nitrogens is 3. The zero-order chi connectivity index (χ0) is 16.4. The number of rotatable bonds is 3. The van der Waals surface area contributed by atoms with Crippen LogP contribution in [-0.2, 0) is 4.74 Å². The summed E-state index contributed by atoms with van der Waals surface area (Å²) in [6.45, 7) is 3.46. The van der Waals surface area contributed by atoms with Gasteiger partial charge >= 0.3 is 0 Å². The highest BCUT2D eigenvalue weighted by Gasteiger charge is 2.26. The fraction of sp³-hybridized carbons (Fsp3) is 0.588. The van der Waals surface area contributed by atoms with E-state index in [-0.39, 0.29) is 6.04 Å². The average molecular weight is 326 g/mol. The lowest BCUT2D eigenvalue weighted by Gasteiger charge is -2.33. The van der Waals surface area contributed by atoms with Crippen molar-refractivity contribution in [1.29, 1.82) is 5.26 Å². The molecule has 0 unspecified atom stereocenters. The number of ether oxygens (including phenoxy) is 1. The summed E-state index contributed by atoms with van der Waals surface area (Å²) in [5.41, 5.74) is 2.24. The molecular weight excluding hydrogens is 304 g/mol. The molecule has 2 aromatic rings. The molecule has 2 aliphatic heterocycles. The van der Waals surface area contributed by atoms with E-state index < -0.39 is 0 Å². The Bertz CT molecular complexity index is 737. The summed E-state index contributed by atoms with van der Waals surface area (Å²) in [6.07, 6.45) is 9.81. The van der Waals surface area contributed by atoms with Gasteiger partial charge in [0, 0.05) is 38.5 Å². The molecule has 2 N–H and O–H groups in total. The summed E-state index contributed by atoms with van der Waals surface area (Å²) in [5, 5.41) is 12.8. The summed E-state index contributed by atoms with van der Waals surface area (Å²) in [5.74, 6) is 1.54. The second-order valence-electron chi connectivity index (χ2n) is 6.57. The monoisotopic (exact) mass is 326 g/mol. The number of nitriles is 1. The number of hydrogen-bond donors (Lipinski definition) is 2. The van der Waals surface area contributed by atoms with Crippen molar-refractivity contribution in [3.8, 4) is 6.19 Å². The van der Waals surface area contributed by atoms with Crippen LogP contribution in [0.3, 0.4) is 0 Å². The van der Waals surface area contributed by atoms with E-state index in [4.69, 9.17) is 10.00 Å². The maximum Gasteiger partial charge on any atom is 0.176 e. The lowest BCUT2D eigenvalue weighted by atomic mass is 9.91. The Balaban J connectivity index is 1.63. The van der Waals surface area contributed by atoms with E-state index >= 15 is 0 Å². The molecule has 126 valence electrons. The molecule has 2 aliphatic rings. The Kier molecular flexibility index (Phi) is 4.22. The zero-order valence-corrected chi connectivity index (χ0v) is 13.7. The molecule has 4 heterocycles. The number of nitrogens with one attached hydrogen (secondary N) is 2. The average Bonchev–Trinajstić information content (AvgIpc) is 3.08. The molecule has 0 atom stereocenters. The van der Waals surface area contributed by atoms with Crippen LogP contribution in [0.15, 0.2) is 12.5 Å². The van der Waals surface area contributed by atoms with E-state index in [0.717, 1.165) is 68.8 Å². The third-order valence-electron chi connectivity index (χ3n) is 5.20. The Morgan fingerprint density at radius 3 is 2.75 bits per heavy atom. The van der Waals surface area contributed by atoms with E-state index in [2.05, 4.69) is 37.6 Å². The third-order valence-corrected chi connectivity index (χ3v) is 5.20. The maximum absolute atomic E-state index is 8.79. The third kappa shape index (κ3) is 2.78. The van der Waals surface area contributed by atoms with Crippen LogP contribution in [0.1, 0.15) is 37.2 Å². The molecule has 2 fully saturated rings. The summed E-state index contributed by atoms with van der Waals surface area (Å²) in [4.78, 5) is 14.7. The summed E-state index contributed by atoms with van der Waals surface area (Å²) in [7, 11) is 0. The fourth-order valence-corrected chi connectivity index (χ4v) is 3.87. The molecular formula is C17H22N6O. The zero-order valence-electron chi connectivity index (χ0n) is 13.7. The molecule has 0 aliphatic carbocycles.